The maximum Gasteiger partial charge on any atom is 0.415 e. The third kappa shape index (κ3) is 9.50. The maximum absolute atomic E-state index is 14.0. The monoisotopic (exact) mass is 556 g/mol. The Kier molecular flexibility index (Phi) is 10.3. The molecule has 9 heteroatoms. The zero-order valence-electron chi connectivity index (χ0n) is 22.1. The summed E-state index contributed by atoms with van der Waals surface area (Å²) in [5, 5.41) is 0. The number of piperidine rings is 2. The van der Waals surface area contributed by atoms with Gasteiger partial charge < -0.3 is 14.5 Å². The van der Waals surface area contributed by atoms with Crippen LogP contribution in [0.3, 0.4) is 0 Å². The molecule has 0 aliphatic carbocycles. The molecule has 3 nitrogen and oxygen atoms in total. The van der Waals surface area contributed by atoms with Crippen molar-refractivity contribution in [1.82, 2.24) is 9.80 Å². The largest absolute Gasteiger partial charge is 0.415 e. The number of benzene rings is 2. The molecule has 216 valence electrons. The molecular weight excluding hydrogens is 518 g/mol. The van der Waals surface area contributed by atoms with Gasteiger partial charge in [-0.1, -0.05) is 60.7 Å². The van der Waals surface area contributed by atoms with Crippen molar-refractivity contribution in [2.24, 2.45) is 11.8 Å². The highest BCUT2D eigenvalue weighted by molar-refractivity contribution is 5.16. The molecule has 2 saturated heterocycles. The minimum Gasteiger partial charge on any atom is -0.353 e. The van der Waals surface area contributed by atoms with E-state index in [-0.39, 0.29) is 11.8 Å². The fourth-order valence-corrected chi connectivity index (χ4v) is 5.98. The molecule has 2 aliphatic rings. The first-order chi connectivity index (χ1) is 18.6. The van der Waals surface area contributed by atoms with E-state index >= 15 is 0 Å². The van der Waals surface area contributed by atoms with Gasteiger partial charge in [-0.3, -0.25) is 0 Å². The van der Waals surface area contributed by atoms with Gasteiger partial charge in [0.25, 0.3) is 0 Å². The van der Waals surface area contributed by atoms with Crippen molar-refractivity contribution >= 4 is 0 Å². The zero-order chi connectivity index (χ0) is 27.9. The Labute approximate surface area is 227 Å². The summed E-state index contributed by atoms with van der Waals surface area (Å²) in [7, 11) is 0. The lowest BCUT2D eigenvalue weighted by atomic mass is 9.91. The van der Waals surface area contributed by atoms with Gasteiger partial charge in [0.15, 0.2) is 12.2 Å². The topological polar surface area (TPSA) is 15.7 Å². The number of alkyl halides is 6. The molecule has 2 aromatic rings. The Morgan fingerprint density at radius 3 is 1.38 bits per heavy atom. The van der Waals surface area contributed by atoms with Crippen LogP contribution in [-0.2, 0) is 17.6 Å². The lowest BCUT2D eigenvalue weighted by Crippen LogP contribution is -2.53. The van der Waals surface area contributed by atoms with E-state index in [1.165, 1.54) is 0 Å². The third-order valence-electron chi connectivity index (χ3n) is 7.85. The summed E-state index contributed by atoms with van der Waals surface area (Å²) in [5.74, 6) is 0.312. The van der Waals surface area contributed by atoms with Gasteiger partial charge in [-0.05, 0) is 74.6 Å². The Bertz CT molecular complexity index is 905. The minimum atomic E-state index is -4.90. The van der Waals surface area contributed by atoms with Crippen molar-refractivity contribution in [1.29, 1.82) is 0 Å². The standard InChI is InChI=1S/C30H38F6N2O/c31-29(32,33)27(21-37-15-7-13-25(19-37)17-23-9-3-1-4-10-23)39-28(30(34,35)36)22-38-16-8-14-26(20-38)18-24-11-5-2-6-12-24/h1-6,9-12,25-28H,7-8,13-22H2. The molecule has 2 fully saturated rings. The Hall–Kier alpha value is -2.10. The van der Waals surface area contributed by atoms with Crippen molar-refractivity contribution in [3.05, 3.63) is 71.8 Å². The molecule has 2 aromatic carbocycles. The van der Waals surface area contributed by atoms with E-state index < -0.39 is 37.7 Å². The second-order valence-corrected chi connectivity index (χ2v) is 11.1. The van der Waals surface area contributed by atoms with E-state index in [4.69, 9.17) is 4.74 Å². The fraction of sp³-hybridized carbons (Fsp3) is 0.600. The van der Waals surface area contributed by atoms with Crippen LogP contribution >= 0.6 is 0 Å². The molecule has 39 heavy (non-hydrogen) atoms. The second kappa shape index (κ2) is 13.5. The lowest BCUT2D eigenvalue weighted by molar-refractivity contribution is -0.291. The van der Waals surface area contributed by atoms with Gasteiger partial charge >= 0.3 is 12.4 Å². The molecule has 0 bridgehead atoms. The SMILES string of the molecule is FC(F)(F)C(CN1CCCC(Cc2ccccc2)C1)OC(CN1CCCC(Cc2ccccc2)C1)C(F)(F)F. The summed E-state index contributed by atoms with van der Waals surface area (Å²) in [4.78, 5) is 3.25. The van der Waals surface area contributed by atoms with Crippen LogP contribution in [0.4, 0.5) is 26.3 Å². The predicted octanol–water partition coefficient (Wildman–Crippen LogP) is 6.77. The molecule has 2 heterocycles. The maximum atomic E-state index is 14.0. The van der Waals surface area contributed by atoms with E-state index in [0.717, 1.165) is 36.8 Å². The highest BCUT2D eigenvalue weighted by Gasteiger charge is 2.50. The van der Waals surface area contributed by atoms with Crippen molar-refractivity contribution in [2.75, 3.05) is 39.3 Å². The van der Waals surface area contributed by atoms with Crippen LogP contribution in [0.25, 0.3) is 0 Å². The summed E-state index contributed by atoms with van der Waals surface area (Å²) >= 11 is 0. The first-order valence-corrected chi connectivity index (χ1v) is 13.9. The van der Waals surface area contributed by atoms with Crippen molar-refractivity contribution in [2.45, 2.75) is 63.1 Å². The first-order valence-electron chi connectivity index (χ1n) is 13.9. The van der Waals surface area contributed by atoms with Gasteiger partial charge in [0.05, 0.1) is 0 Å². The molecule has 4 rings (SSSR count). The average Bonchev–Trinajstić information content (AvgIpc) is 2.88. The predicted molar refractivity (Wildman–Crippen MR) is 139 cm³/mol. The quantitative estimate of drug-likeness (QED) is 0.300. The summed E-state index contributed by atoms with van der Waals surface area (Å²) in [6.07, 6.45) is -10.1. The molecule has 4 unspecified atom stereocenters. The lowest BCUT2D eigenvalue weighted by Gasteiger charge is -2.39. The van der Waals surface area contributed by atoms with Gasteiger partial charge in [-0.2, -0.15) is 26.3 Å². The van der Waals surface area contributed by atoms with Crippen LogP contribution in [0.5, 0.6) is 0 Å². The number of likely N-dealkylation sites (tertiary alicyclic amines) is 2. The molecule has 0 saturated carbocycles. The number of hydrogen-bond donors (Lipinski definition) is 0. The van der Waals surface area contributed by atoms with Crippen molar-refractivity contribution in [3.63, 3.8) is 0 Å². The van der Waals surface area contributed by atoms with Crippen LogP contribution in [0.2, 0.25) is 0 Å². The van der Waals surface area contributed by atoms with E-state index in [0.29, 0.717) is 39.0 Å². The smallest absolute Gasteiger partial charge is 0.353 e. The highest BCUT2D eigenvalue weighted by Crippen LogP contribution is 2.33. The minimum absolute atomic E-state index is 0.156. The average molecular weight is 557 g/mol. The highest BCUT2D eigenvalue weighted by atomic mass is 19.4. The van der Waals surface area contributed by atoms with Crippen molar-refractivity contribution in [3.8, 4) is 0 Å². The number of nitrogens with zero attached hydrogens (tertiary/aromatic N) is 2. The van der Waals surface area contributed by atoms with Crippen molar-refractivity contribution < 1.29 is 31.1 Å². The summed E-state index contributed by atoms with van der Waals surface area (Å²) < 4.78 is 89.1. The second-order valence-electron chi connectivity index (χ2n) is 11.1. The van der Waals surface area contributed by atoms with Crippen LogP contribution in [0, 0.1) is 11.8 Å². The fourth-order valence-electron chi connectivity index (χ4n) is 5.98. The molecule has 0 radical (unpaired) electrons. The van der Waals surface area contributed by atoms with E-state index in [1.807, 2.05) is 60.7 Å². The first kappa shape index (κ1) is 29.9. The molecule has 2 aliphatic heterocycles. The summed E-state index contributed by atoms with van der Waals surface area (Å²) in [6.45, 7) is 0.496. The Balaban J connectivity index is 1.37. The Morgan fingerprint density at radius 2 is 1.03 bits per heavy atom. The molecular formula is C30H38F6N2O. The van der Waals surface area contributed by atoms with Gasteiger partial charge in [0.1, 0.15) is 0 Å². The van der Waals surface area contributed by atoms with Gasteiger partial charge in [-0.15, -0.1) is 0 Å². The number of ether oxygens (including phenoxy) is 1. The normalized spacial score (nSPS) is 23.4. The Morgan fingerprint density at radius 1 is 0.641 bits per heavy atom. The van der Waals surface area contributed by atoms with E-state index in [1.54, 1.807) is 9.80 Å². The number of hydrogen-bond acceptors (Lipinski definition) is 3. The molecule has 0 aromatic heterocycles. The van der Waals surface area contributed by atoms with Crippen LogP contribution in [0.15, 0.2) is 60.7 Å². The van der Waals surface area contributed by atoms with Gasteiger partial charge in [-0.25, -0.2) is 0 Å². The molecule has 0 N–H and O–H groups in total. The van der Waals surface area contributed by atoms with E-state index in [2.05, 4.69) is 0 Å². The van der Waals surface area contributed by atoms with Crippen LogP contribution < -0.4 is 0 Å². The number of halogens is 6. The van der Waals surface area contributed by atoms with Crippen LogP contribution in [-0.4, -0.2) is 73.6 Å². The van der Waals surface area contributed by atoms with E-state index in [9.17, 15) is 26.3 Å². The molecule has 0 spiro atoms. The summed E-state index contributed by atoms with van der Waals surface area (Å²) in [6, 6.07) is 19.5. The summed E-state index contributed by atoms with van der Waals surface area (Å²) in [5.41, 5.74) is 2.22. The van der Waals surface area contributed by atoms with Gasteiger partial charge in [0, 0.05) is 26.2 Å². The number of rotatable bonds is 10. The van der Waals surface area contributed by atoms with Crippen LogP contribution in [0.1, 0.15) is 36.8 Å². The molecule has 4 atom stereocenters. The van der Waals surface area contributed by atoms with Gasteiger partial charge in [0.2, 0.25) is 0 Å². The molecule has 0 amide bonds. The zero-order valence-corrected chi connectivity index (χ0v) is 22.1. The third-order valence-corrected chi connectivity index (χ3v) is 7.85.